The lowest BCUT2D eigenvalue weighted by molar-refractivity contribution is -0.153. The van der Waals surface area contributed by atoms with Crippen LogP contribution in [0.1, 0.15) is 71.8 Å². The van der Waals surface area contributed by atoms with Crippen molar-refractivity contribution in [2.75, 3.05) is 26.7 Å². The molecule has 0 bridgehead atoms. The minimum absolute atomic E-state index is 0.116. The third-order valence-electron chi connectivity index (χ3n) is 8.74. The Hall–Kier alpha value is -3.74. The third-order valence-corrected chi connectivity index (χ3v) is 9.48. The molecule has 246 valence electrons. The number of carbonyl (C=O) groups is 5. The first-order chi connectivity index (χ1) is 21.3. The van der Waals surface area contributed by atoms with E-state index in [0.29, 0.717) is 63.1 Å². The van der Waals surface area contributed by atoms with Crippen molar-refractivity contribution in [3.8, 4) is 0 Å². The Kier molecular flexibility index (Phi) is 10.7. The highest BCUT2D eigenvalue weighted by atomic mass is 32.1. The maximum absolute atomic E-state index is 13.6. The monoisotopic (exact) mass is 643 g/mol. The van der Waals surface area contributed by atoms with Gasteiger partial charge in [-0.05, 0) is 71.8 Å². The molecule has 1 aromatic rings. The van der Waals surface area contributed by atoms with E-state index in [4.69, 9.17) is 21.7 Å². The van der Waals surface area contributed by atoms with E-state index < -0.39 is 41.3 Å². The Morgan fingerprint density at radius 3 is 1.89 bits per heavy atom. The normalized spacial score (nSPS) is 21.8. The standard InChI is InChI=1S/C32H45N5O7S/c1-31(2,28(41)35-17-11-16-24(35)27(40)43-5)33-25(38)22-14-9-18-36(22)29(45)32(3,4)34-26(39)23-15-10-19-37(23)30(42)44-20-21-12-7-6-8-13-21/h6-8,12-13,22-24H,9-11,14-20H2,1-5H3,(H,33,38)(H,34,39)/t22-,23+,24+/m1/s1. The summed E-state index contributed by atoms with van der Waals surface area (Å²) in [6.07, 6.45) is 3.05. The molecule has 0 unspecified atom stereocenters. The summed E-state index contributed by atoms with van der Waals surface area (Å²) in [6.45, 7) is 8.27. The van der Waals surface area contributed by atoms with Gasteiger partial charge >= 0.3 is 12.1 Å². The van der Waals surface area contributed by atoms with Gasteiger partial charge in [0, 0.05) is 19.6 Å². The van der Waals surface area contributed by atoms with Crippen LogP contribution in [0.15, 0.2) is 30.3 Å². The van der Waals surface area contributed by atoms with Gasteiger partial charge in [-0.15, -0.1) is 0 Å². The van der Waals surface area contributed by atoms with Gasteiger partial charge in [0.15, 0.2) is 0 Å². The predicted octanol–water partition coefficient (Wildman–Crippen LogP) is 2.53. The van der Waals surface area contributed by atoms with Crippen LogP contribution < -0.4 is 10.6 Å². The van der Waals surface area contributed by atoms with Crippen LogP contribution in [-0.4, -0.2) is 105 Å². The maximum Gasteiger partial charge on any atom is 0.410 e. The fourth-order valence-corrected chi connectivity index (χ4v) is 6.61. The Labute approximate surface area is 270 Å². The van der Waals surface area contributed by atoms with Crippen LogP contribution >= 0.6 is 12.2 Å². The predicted molar refractivity (Wildman–Crippen MR) is 170 cm³/mol. The summed E-state index contributed by atoms with van der Waals surface area (Å²) in [5.41, 5.74) is -1.42. The Morgan fingerprint density at radius 2 is 1.29 bits per heavy atom. The first-order valence-corrected chi connectivity index (χ1v) is 16.0. The molecule has 3 fully saturated rings. The molecular formula is C32H45N5O7S. The number of benzene rings is 1. The van der Waals surface area contributed by atoms with Crippen molar-refractivity contribution in [2.24, 2.45) is 0 Å². The van der Waals surface area contributed by atoms with Gasteiger partial charge in [0.1, 0.15) is 35.3 Å². The first kappa shape index (κ1) is 34.1. The van der Waals surface area contributed by atoms with Gasteiger partial charge < -0.3 is 29.9 Å². The van der Waals surface area contributed by atoms with Crippen LogP contribution in [-0.2, 0) is 35.3 Å². The first-order valence-electron chi connectivity index (χ1n) is 15.6. The highest BCUT2D eigenvalue weighted by molar-refractivity contribution is 7.80. The van der Waals surface area contributed by atoms with Crippen molar-refractivity contribution in [1.82, 2.24) is 25.3 Å². The second-order valence-corrected chi connectivity index (χ2v) is 13.3. The number of likely N-dealkylation sites (tertiary alicyclic amines) is 3. The van der Waals surface area contributed by atoms with Crippen LogP contribution in [0.25, 0.3) is 0 Å². The van der Waals surface area contributed by atoms with Crippen LogP contribution in [0.4, 0.5) is 4.79 Å². The van der Waals surface area contributed by atoms with Gasteiger partial charge in [0.2, 0.25) is 17.7 Å². The Bertz CT molecular complexity index is 1300. The highest BCUT2D eigenvalue weighted by Gasteiger charge is 2.45. The molecule has 45 heavy (non-hydrogen) atoms. The number of nitrogens with zero attached hydrogens (tertiary/aromatic N) is 3. The fraction of sp³-hybridized carbons (Fsp3) is 0.625. The molecule has 3 saturated heterocycles. The van der Waals surface area contributed by atoms with E-state index in [1.54, 1.807) is 32.6 Å². The topological polar surface area (TPSA) is 138 Å². The highest BCUT2D eigenvalue weighted by Crippen LogP contribution is 2.27. The van der Waals surface area contributed by atoms with Crippen LogP contribution in [0.2, 0.25) is 0 Å². The Morgan fingerprint density at radius 1 is 0.778 bits per heavy atom. The molecular weight excluding hydrogens is 598 g/mol. The molecule has 0 aromatic heterocycles. The maximum atomic E-state index is 13.6. The van der Waals surface area contributed by atoms with E-state index in [1.807, 2.05) is 30.3 Å². The zero-order chi connectivity index (χ0) is 32.9. The lowest BCUT2D eigenvalue weighted by Gasteiger charge is -2.38. The molecule has 2 N–H and O–H groups in total. The van der Waals surface area contributed by atoms with Crippen molar-refractivity contribution >= 4 is 47.0 Å². The molecule has 0 aliphatic carbocycles. The Balaban J connectivity index is 1.36. The van der Waals surface area contributed by atoms with Gasteiger partial charge in [-0.3, -0.25) is 19.3 Å². The van der Waals surface area contributed by atoms with E-state index in [-0.39, 0.29) is 24.3 Å². The van der Waals surface area contributed by atoms with Gasteiger partial charge in [-0.1, -0.05) is 42.5 Å². The second-order valence-electron chi connectivity index (χ2n) is 13.0. The van der Waals surface area contributed by atoms with E-state index in [0.717, 1.165) is 5.56 Å². The number of rotatable bonds is 9. The number of thiocarbonyl (C=S) groups is 1. The smallest absolute Gasteiger partial charge is 0.410 e. The third kappa shape index (κ3) is 7.74. The van der Waals surface area contributed by atoms with Crippen LogP contribution in [0.5, 0.6) is 0 Å². The molecule has 13 heteroatoms. The minimum atomic E-state index is -1.27. The van der Waals surface area contributed by atoms with E-state index in [1.165, 1.54) is 16.9 Å². The average Bonchev–Trinajstić information content (AvgIpc) is 3.79. The van der Waals surface area contributed by atoms with E-state index in [9.17, 15) is 24.0 Å². The van der Waals surface area contributed by atoms with E-state index >= 15 is 0 Å². The summed E-state index contributed by atoms with van der Waals surface area (Å²) >= 11 is 5.85. The summed E-state index contributed by atoms with van der Waals surface area (Å²) in [4.78, 5) is 70.7. The summed E-state index contributed by atoms with van der Waals surface area (Å²) in [7, 11) is 1.29. The van der Waals surface area contributed by atoms with Gasteiger partial charge in [-0.25, -0.2) is 9.59 Å². The van der Waals surface area contributed by atoms with Crippen LogP contribution in [0, 0.1) is 0 Å². The van der Waals surface area contributed by atoms with E-state index in [2.05, 4.69) is 10.6 Å². The number of carbonyl (C=O) groups excluding carboxylic acids is 5. The van der Waals surface area contributed by atoms with Crippen molar-refractivity contribution < 1.29 is 33.4 Å². The molecule has 1 aromatic carbocycles. The molecule has 3 aliphatic rings. The van der Waals surface area contributed by atoms with Crippen molar-refractivity contribution in [3.05, 3.63) is 35.9 Å². The zero-order valence-corrected chi connectivity index (χ0v) is 27.6. The largest absolute Gasteiger partial charge is 0.467 e. The number of esters is 1. The molecule has 4 rings (SSSR count). The minimum Gasteiger partial charge on any atom is -0.467 e. The number of methoxy groups -OCH3 is 1. The van der Waals surface area contributed by atoms with Crippen molar-refractivity contribution in [1.29, 1.82) is 0 Å². The number of hydrogen-bond acceptors (Lipinski definition) is 8. The van der Waals surface area contributed by atoms with Gasteiger partial charge in [0.25, 0.3) is 0 Å². The van der Waals surface area contributed by atoms with Gasteiger partial charge in [-0.2, -0.15) is 0 Å². The summed E-state index contributed by atoms with van der Waals surface area (Å²) < 4.78 is 10.4. The molecule has 0 spiro atoms. The number of hydrogen-bond donors (Lipinski definition) is 2. The lowest BCUT2D eigenvalue weighted by atomic mass is 10.00. The molecule has 4 amide bonds. The summed E-state index contributed by atoms with van der Waals surface area (Å²) in [5.74, 6) is -1.52. The number of ether oxygens (including phenoxy) is 2. The summed E-state index contributed by atoms with van der Waals surface area (Å²) in [5, 5.41) is 5.90. The molecule has 3 heterocycles. The number of nitrogens with one attached hydrogen (secondary N) is 2. The van der Waals surface area contributed by atoms with Crippen molar-refractivity contribution in [2.45, 2.75) is 102 Å². The van der Waals surface area contributed by atoms with Crippen LogP contribution in [0.3, 0.4) is 0 Å². The van der Waals surface area contributed by atoms with Crippen molar-refractivity contribution in [3.63, 3.8) is 0 Å². The average molecular weight is 644 g/mol. The number of amides is 4. The quantitative estimate of drug-likeness (QED) is 0.307. The molecule has 3 aliphatic heterocycles. The molecule has 0 radical (unpaired) electrons. The SMILES string of the molecule is COC(=O)[C@@H]1CCCN1C(=O)C(C)(C)NC(=O)[C@H]1CCCN1C(=S)C(C)(C)NC(=O)[C@@H]1CCCN1C(=O)OCc1ccccc1. The zero-order valence-electron chi connectivity index (χ0n) is 26.8. The van der Waals surface area contributed by atoms with Gasteiger partial charge in [0.05, 0.1) is 12.6 Å². The molecule has 3 atom stereocenters. The lowest BCUT2D eigenvalue weighted by Crippen LogP contribution is -2.63. The summed E-state index contributed by atoms with van der Waals surface area (Å²) in [6, 6.07) is 7.35. The second kappa shape index (κ2) is 14.1. The molecule has 0 saturated carbocycles. The fourth-order valence-electron chi connectivity index (χ4n) is 6.34. The molecule has 12 nitrogen and oxygen atoms in total.